The molecule has 0 aromatic carbocycles. The molecule has 0 fully saturated rings. The van der Waals surface area contributed by atoms with Crippen LogP contribution in [0.4, 0.5) is 5.95 Å². The predicted molar refractivity (Wildman–Crippen MR) is 45.1 cm³/mol. The molecule has 6 heteroatoms. The van der Waals surface area contributed by atoms with Crippen LogP contribution in [-0.4, -0.2) is 34.2 Å². The van der Waals surface area contributed by atoms with Crippen molar-refractivity contribution >= 4 is 17.5 Å². The zero-order valence-electron chi connectivity index (χ0n) is 6.82. The summed E-state index contributed by atoms with van der Waals surface area (Å²) in [5, 5.41) is 8.83. The molecule has 5 nitrogen and oxygen atoms in total. The highest BCUT2D eigenvalue weighted by molar-refractivity contribution is 6.28. The smallest absolute Gasteiger partial charge is 0.229 e. The zero-order chi connectivity index (χ0) is 9.14. The highest BCUT2D eigenvalue weighted by Crippen LogP contribution is 2.07. The van der Waals surface area contributed by atoms with E-state index < -0.39 is 0 Å². The maximum absolute atomic E-state index is 8.74. The summed E-state index contributed by atoms with van der Waals surface area (Å²) in [4.78, 5) is 13.1. The molecule has 0 radical (unpaired) electrons. The summed E-state index contributed by atoms with van der Waals surface area (Å²) in [6.45, 7) is -0.233. The van der Waals surface area contributed by atoms with Crippen molar-refractivity contribution in [1.82, 2.24) is 15.0 Å². The van der Waals surface area contributed by atoms with Gasteiger partial charge < -0.3 is 10.0 Å². The molecule has 0 atom stereocenters. The Balaban J connectivity index is 3.06. The molecule has 0 aliphatic heterocycles. The van der Waals surface area contributed by atoms with E-state index in [1.54, 1.807) is 19.0 Å². The van der Waals surface area contributed by atoms with E-state index >= 15 is 0 Å². The van der Waals surface area contributed by atoms with Crippen LogP contribution in [0.3, 0.4) is 0 Å². The second kappa shape index (κ2) is 3.64. The molecule has 66 valence electrons. The van der Waals surface area contributed by atoms with Crippen LogP contribution in [0.1, 0.15) is 5.82 Å². The number of aliphatic hydroxyl groups excluding tert-OH is 1. The van der Waals surface area contributed by atoms with Crippen molar-refractivity contribution in [3.05, 3.63) is 11.1 Å². The fourth-order valence-corrected chi connectivity index (χ4v) is 0.823. The lowest BCUT2D eigenvalue weighted by Gasteiger charge is -2.09. The number of hydrogen-bond acceptors (Lipinski definition) is 5. The van der Waals surface area contributed by atoms with Gasteiger partial charge in [-0.15, -0.1) is 0 Å². The molecule has 1 aromatic rings. The molecule has 0 saturated carbocycles. The first-order valence-corrected chi connectivity index (χ1v) is 3.70. The van der Waals surface area contributed by atoms with Crippen LogP contribution in [0.25, 0.3) is 0 Å². The molecule has 1 aromatic heterocycles. The molecule has 0 amide bonds. The Bertz CT molecular complexity index is 278. The molecule has 0 bridgehead atoms. The van der Waals surface area contributed by atoms with E-state index in [0.717, 1.165) is 0 Å². The summed E-state index contributed by atoms with van der Waals surface area (Å²) in [5.74, 6) is 0.720. The first kappa shape index (κ1) is 9.15. The van der Waals surface area contributed by atoms with Crippen molar-refractivity contribution in [2.45, 2.75) is 6.61 Å². The fraction of sp³-hybridized carbons (Fsp3) is 0.500. The van der Waals surface area contributed by atoms with Gasteiger partial charge in [0.2, 0.25) is 11.2 Å². The lowest BCUT2D eigenvalue weighted by atomic mass is 10.6. The first-order chi connectivity index (χ1) is 5.63. The minimum absolute atomic E-state index is 0.0951. The topological polar surface area (TPSA) is 62.1 Å². The van der Waals surface area contributed by atoms with Gasteiger partial charge in [0.1, 0.15) is 6.61 Å². The van der Waals surface area contributed by atoms with E-state index in [1.165, 1.54) is 0 Å². The molecule has 0 unspecified atom stereocenters. The first-order valence-electron chi connectivity index (χ1n) is 3.32. The van der Waals surface area contributed by atoms with Crippen molar-refractivity contribution in [2.75, 3.05) is 19.0 Å². The Labute approximate surface area is 75.0 Å². The molecular weight excluding hydrogens is 180 g/mol. The molecule has 1 rings (SSSR count). The zero-order valence-corrected chi connectivity index (χ0v) is 7.58. The number of halogens is 1. The summed E-state index contributed by atoms with van der Waals surface area (Å²) in [6, 6.07) is 0. The molecule has 0 saturated heterocycles. The summed E-state index contributed by atoms with van der Waals surface area (Å²) < 4.78 is 0. The minimum atomic E-state index is -0.233. The van der Waals surface area contributed by atoms with E-state index in [9.17, 15) is 0 Å². The second-order valence-electron chi connectivity index (χ2n) is 2.37. The lowest BCUT2D eigenvalue weighted by molar-refractivity contribution is 0.271. The third-order valence-electron chi connectivity index (χ3n) is 1.18. The number of rotatable bonds is 2. The maximum Gasteiger partial charge on any atom is 0.229 e. The van der Waals surface area contributed by atoms with Crippen molar-refractivity contribution in [3.8, 4) is 0 Å². The quantitative estimate of drug-likeness (QED) is 0.713. The van der Waals surface area contributed by atoms with Crippen LogP contribution in [0, 0.1) is 0 Å². The summed E-state index contributed by atoms with van der Waals surface area (Å²) in [6.07, 6.45) is 0. The predicted octanol–water partition coefficient (Wildman–Crippen LogP) is 0.0833. The number of nitrogens with zero attached hydrogens (tertiary/aromatic N) is 4. The van der Waals surface area contributed by atoms with Gasteiger partial charge >= 0.3 is 0 Å². The number of aromatic nitrogens is 3. The van der Waals surface area contributed by atoms with Crippen LogP contribution in [0.5, 0.6) is 0 Å². The fourth-order valence-electron chi connectivity index (χ4n) is 0.650. The average molecular weight is 189 g/mol. The van der Waals surface area contributed by atoms with Crippen molar-refractivity contribution in [2.24, 2.45) is 0 Å². The molecule has 0 spiro atoms. The molecular formula is C6H9ClN4O. The van der Waals surface area contributed by atoms with Gasteiger partial charge in [0.25, 0.3) is 0 Å². The largest absolute Gasteiger partial charge is 0.388 e. The van der Waals surface area contributed by atoms with Gasteiger partial charge in [0.15, 0.2) is 5.82 Å². The Morgan fingerprint density at radius 1 is 1.33 bits per heavy atom. The number of anilines is 1. The summed E-state index contributed by atoms with van der Waals surface area (Å²) in [7, 11) is 3.57. The van der Waals surface area contributed by atoms with E-state index in [2.05, 4.69) is 15.0 Å². The monoisotopic (exact) mass is 188 g/mol. The Morgan fingerprint density at radius 3 is 2.50 bits per heavy atom. The van der Waals surface area contributed by atoms with Gasteiger partial charge in [-0.3, -0.25) is 0 Å². The highest BCUT2D eigenvalue weighted by atomic mass is 35.5. The highest BCUT2D eigenvalue weighted by Gasteiger charge is 2.04. The van der Waals surface area contributed by atoms with Crippen molar-refractivity contribution in [3.63, 3.8) is 0 Å². The standard InChI is InChI=1S/C6H9ClN4O/c1-11(2)6-9-4(3-12)8-5(7)10-6/h12H,3H2,1-2H3. The van der Waals surface area contributed by atoms with Crippen LogP contribution in [-0.2, 0) is 6.61 Å². The Morgan fingerprint density at radius 2 is 2.00 bits per heavy atom. The van der Waals surface area contributed by atoms with E-state index in [1.807, 2.05) is 0 Å². The Hall–Kier alpha value is -0.940. The maximum atomic E-state index is 8.74. The van der Waals surface area contributed by atoms with Crippen LogP contribution < -0.4 is 4.90 Å². The third kappa shape index (κ3) is 2.02. The van der Waals surface area contributed by atoms with Gasteiger partial charge in [-0.1, -0.05) is 0 Å². The van der Waals surface area contributed by atoms with Gasteiger partial charge in [-0.05, 0) is 11.6 Å². The SMILES string of the molecule is CN(C)c1nc(Cl)nc(CO)n1. The normalized spacial score (nSPS) is 10.0. The summed E-state index contributed by atoms with van der Waals surface area (Å²) in [5.41, 5.74) is 0. The molecule has 12 heavy (non-hydrogen) atoms. The van der Waals surface area contributed by atoms with E-state index in [0.29, 0.717) is 5.95 Å². The third-order valence-corrected chi connectivity index (χ3v) is 1.35. The lowest BCUT2D eigenvalue weighted by Crippen LogP contribution is -2.14. The molecule has 0 aliphatic rings. The van der Waals surface area contributed by atoms with Crippen LogP contribution in [0.2, 0.25) is 5.28 Å². The average Bonchev–Trinajstić information content (AvgIpc) is 2.03. The molecule has 0 aliphatic carbocycles. The summed E-state index contributed by atoms with van der Waals surface area (Å²) >= 11 is 5.57. The number of hydrogen-bond donors (Lipinski definition) is 1. The van der Waals surface area contributed by atoms with Crippen molar-refractivity contribution in [1.29, 1.82) is 0 Å². The van der Waals surface area contributed by atoms with Gasteiger partial charge in [0, 0.05) is 14.1 Å². The van der Waals surface area contributed by atoms with Gasteiger partial charge in [-0.2, -0.15) is 9.97 Å². The van der Waals surface area contributed by atoms with E-state index in [-0.39, 0.29) is 17.7 Å². The molecule has 1 heterocycles. The van der Waals surface area contributed by atoms with Crippen LogP contribution >= 0.6 is 11.6 Å². The van der Waals surface area contributed by atoms with E-state index in [4.69, 9.17) is 16.7 Å². The second-order valence-corrected chi connectivity index (χ2v) is 2.71. The van der Waals surface area contributed by atoms with Gasteiger partial charge in [0.05, 0.1) is 0 Å². The van der Waals surface area contributed by atoms with Gasteiger partial charge in [-0.25, -0.2) is 4.98 Å². The van der Waals surface area contributed by atoms with Crippen LogP contribution in [0.15, 0.2) is 0 Å². The number of aliphatic hydroxyl groups is 1. The van der Waals surface area contributed by atoms with Crippen molar-refractivity contribution < 1.29 is 5.11 Å². The minimum Gasteiger partial charge on any atom is -0.388 e. The Kier molecular flexibility index (Phi) is 2.78. The molecule has 1 N–H and O–H groups in total.